The third kappa shape index (κ3) is 2.88. The number of thiophene rings is 1. The molecule has 0 saturated heterocycles. The molecule has 0 bridgehead atoms. The van der Waals surface area contributed by atoms with E-state index in [-0.39, 0.29) is 6.04 Å². The van der Waals surface area contributed by atoms with Gasteiger partial charge in [0, 0.05) is 28.9 Å². The first-order valence-corrected chi connectivity index (χ1v) is 8.06. The van der Waals surface area contributed by atoms with Crippen LogP contribution >= 0.6 is 11.3 Å². The molecule has 3 rings (SSSR count). The van der Waals surface area contributed by atoms with Gasteiger partial charge in [0.25, 0.3) is 0 Å². The lowest BCUT2D eigenvalue weighted by Crippen LogP contribution is -2.13. The van der Waals surface area contributed by atoms with E-state index in [9.17, 15) is 0 Å². The van der Waals surface area contributed by atoms with E-state index in [0.29, 0.717) is 6.04 Å². The van der Waals surface area contributed by atoms with Crippen LogP contribution in [0.15, 0.2) is 23.7 Å². The maximum Gasteiger partial charge on any atom is 0.129 e. The number of aromatic nitrogens is 2. The third-order valence-corrected chi connectivity index (χ3v) is 5.03. The van der Waals surface area contributed by atoms with Crippen molar-refractivity contribution in [2.24, 2.45) is 5.73 Å². The van der Waals surface area contributed by atoms with Crippen LogP contribution in [0, 0.1) is 0 Å². The topological polar surface area (TPSA) is 53.1 Å². The highest BCUT2D eigenvalue weighted by Crippen LogP contribution is 2.30. The summed E-state index contributed by atoms with van der Waals surface area (Å²) >= 11 is 1.65. The monoisotopic (exact) mass is 291 g/mol. The fourth-order valence-corrected chi connectivity index (χ4v) is 3.68. The molecule has 4 nitrogen and oxygen atoms in total. The Balaban J connectivity index is 1.64. The van der Waals surface area contributed by atoms with Crippen molar-refractivity contribution in [2.75, 3.05) is 7.11 Å². The molecule has 5 heteroatoms. The van der Waals surface area contributed by atoms with E-state index in [1.165, 1.54) is 25.7 Å². The zero-order valence-corrected chi connectivity index (χ0v) is 12.6. The van der Waals surface area contributed by atoms with Crippen LogP contribution in [0.25, 0.3) is 0 Å². The minimum atomic E-state index is -0.00386. The van der Waals surface area contributed by atoms with Crippen molar-refractivity contribution < 1.29 is 4.74 Å². The van der Waals surface area contributed by atoms with Crippen LogP contribution in [0.2, 0.25) is 0 Å². The lowest BCUT2D eigenvalue weighted by Gasteiger charge is -2.10. The number of rotatable bonds is 5. The number of hydrogen-bond acceptors (Lipinski definition) is 4. The quantitative estimate of drug-likeness (QED) is 0.919. The molecule has 2 aromatic rings. The van der Waals surface area contributed by atoms with Crippen molar-refractivity contribution in [2.45, 2.75) is 44.2 Å². The van der Waals surface area contributed by atoms with Crippen LogP contribution in [0.1, 0.15) is 48.3 Å². The Hall–Kier alpha value is -1.33. The Kier molecular flexibility index (Phi) is 4.08. The minimum absolute atomic E-state index is 0.00386. The zero-order valence-electron chi connectivity index (χ0n) is 11.8. The predicted molar refractivity (Wildman–Crippen MR) is 81.2 cm³/mol. The lowest BCUT2D eigenvalue weighted by atomic mass is 10.1. The van der Waals surface area contributed by atoms with E-state index in [4.69, 9.17) is 15.6 Å². The lowest BCUT2D eigenvalue weighted by molar-refractivity contribution is 0.416. The second-order valence-electron chi connectivity index (χ2n) is 5.42. The molecule has 0 radical (unpaired) electrons. The molecule has 0 aromatic carbocycles. The largest absolute Gasteiger partial charge is 0.496 e. The van der Waals surface area contributed by atoms with E-state index in [2.05, 4.69) is 16.9 Å². The van der Waals surface area contributed by atoms with Crippen LogP contribution in [-0.2, 0) is 6.42 Å². The van der Waals surface area contributed by atoms with Gasteiger partial charge in [0.1, 0.15) is 5.75 Å². The van der Waals surface area contributed by atoms with Gasteiger partial charge in [-0.15, -0.1) is 11.3 Å². The molecule has 108 valence electrons. The molecule has 20 heavy (non-hydrogen) atoms. The smallest absolute Gasteiger partial charge is 0.129 e. The Morgan fingerprint density at radius 3 is 3.00 bits per heavy atom. The second-order valence-corrected chi connectivity index (χ2v) is 6.37. The standard InChI is InChI=1S/C15H21N3OS/c1-19-13-9-15(20-10-13)14(16)8-11-6-7-18(17-11)12-4-2-3-5-12/h6-7,9-10,12,14H,2-5,8,16H2,1H3. The van der Waals surface area contributed by atoms with Gasteiger partial charge in [0.05, 0.1) is 18.8 Å². The summed E-state index contributed by atoms with van der Waals surface area (Å²) in [6, 6.07) is 4.71. The fraction of sp³-hybridized carbons (Fsp3) is 0.533. The zero-order chi connectivity index (χ0) is 13.9. The molecule has 0 spiro atoms. The maximum atomic E-state index is 6.26. The molecule has 0 aliphatic heterocycles. The maximum absolute atomic E-state index is 6.26. The van der Waals surface area contributed by atoms with Crippen molar-refractivity contribution in [3.8, 4) is 5.75 Å². The summed E-state index contributed by atoms with van der Waals surface area (Å²) in [5.41, 5.74) is 7.34. The fourth-order valence-electron chi connectivity index (χ4n) is 2.82. The van der Waals surface area contributed by atoms with E-state index in [1.807, 2.05) is 11.4 Å². The molecule has 2 N–H and O–H groups in total. The Morgan fingerprint density at radius 2 is 2.30 bits per heavy atom. The third-order valence-electron chi connectivity index (χ3n) is 3.99. The minimum Gasteiger partial charge on any atom is -0.496 e. The van der Waals surface area contributed by atoms with E-state index >= 15 is 0 Å². The molecule has 0 amide bonds. The number of ether oxygens (including phenoxy) is 1. The summed E-state index contributed by atoms with van der Waals surface area (Å²) in [6.45, 7) is 0. The molecule has 2 aromatic heterocycles. The SMILES string of the molecule is COc1csc(C(N)Cc2ccn(C3CCCC3)n2)c1. The van der Waals surface area contributed by atoms with Crippen LogP contribution in [0.3, 0.4) is 0 Å². The summed E-state index contributed by atoms with van der Waals surface area (Å²) in [7, 11) is 1.68. The van der Waals surface area contributed by atoms with Crippen molar-refractivity contribution in [3.63, 3.8) is 0 Å². The average molecular weight is 291 g/mol. The molecule has 1 atom stereocenters. The first-order chi connectivity index (χ1) is 9.76. The highest BCUT2D eigenvalue weighted by Gasteiger charge is 2.18. The summed E-state index contributed by atoms with van der Waals surface area (Å²) < 4.78 is 7.33. The van der Waals surface area contributed by atoms with Crippen molar-refractivity contribution in [1.29, 1.82) is 0 Å². The van der Waals surface area contributed by atoms with Gasteiger partial charge in [-0.2, -0.15) is 5.10 Å². The van der Waals surface area contributed by atoms with Crippen molar-refractivity contribution >= 4 is 11.3 Å². The van der Waals surface area contributed by atoms with Crippen LogP contribution < -0.4 is 10.5 Å². The molecular weight excluding hydrogens is 270 g/mol. The van der Waals surface area contributed by atoms with E-state index in [0.717, 1.165) is 22.7 Å². The van der Waals surface area contributed by atoms with Crippen molar-refractivity contribution in [3.05, 3.63) is 34.3 Å². The van der Waals surface area contributed by atoms with Crippen molar-refractivity contribution in [1.82, 2.24) is 9.78 Å². The molecule has 1 saturated carbocycles. The van der Waals surface area contributed by atoms with Gasteiger partial charge in [-0.25, -0.2) is 0 Å². The Bertz CT molecular complexity index is 557. The molecule has 2 heterocycles. The Labute approximate surface area is 123 Å². The molecule has 1 aliphatic carbocycles. The summed E-state index contributed by atoms with van der Waals surface area (Å²) in [5.74, 6) is 0.886. The Morgan fingerprint density at radius 1 is 1.50 bits per heavy atom. The van der Waals surface area contributed by atoms with Gasteiger partial charge in [0.15, 0.2) is 0 Å². The number of methoxy groups -OCH3 is 1. The van der Waals surface area contributed by atoms with Crippen LogP contribution in [0.5, 0.6) is 5.75 Å². The molecule has 1 unspecified atom stereocenters. The van der Waals surface area contributed by atoms with E-state index < -0.39 is 0 Å². The van der Waals surface area contributed by atoms with Gasteiger partial charge in [-0.3, -0.25) is 4.68 Å². The number of nitrogens with zero attached hydrogens (tertiary/aromatic N) is 2. The average Bonchev–Trinajstić information content (AvgIpc) is 3.19. The summed E-state index contributed by atoms with van der Waals surface area (Å²) in [5, 5.41) is 6.69. The highest BCUT2D eigenvalue weighted by atomic mass is 32.1. The summed E-state index contributed by atoms with van der Waals surface area (Å²) in [4.78, 5) is 1.15. The first kappa shape index (κ1) is 13.6. The predicted octanol–water partition coefficient (Wildman–Crippen LogP) is 3.31. The van der Waals surface area contributed by atoms with Gasteiger partial charge < -0.3 is 10.5 Å². The highest BCUT2D eigenvalue weighted by molar-refractivity contribution is 7.10. The van der Waals surface area contributed by atoms with Crippen LogP contribution in [0.4, 0.5) is 0 Å². The first-order valence-electron chi connectivity index (χ1n) is 7.18. The van der Waals surface area contributed by atoms with Gasteiger partial charge in [-0.1, -0.05) is 12.8 Å². The second kappa shape index (κ2) is 5.97. The number of hydrogen-bond donors (Lipinski definition) is 1. The molecular formula is C15H21N3OS. The molecule has 1 fully saturated rings. The van der Waals surface area contributed by atoms with Gasteiger partial charge in [-0.05, 0) is 25.0 Å². The van der Waals surface area contributed by atoms with Gasteiger partial charge >= 0.3 is 0 Å². The van der Waals surface area contributed by atoms with E-state index in [1.54, 1.807) is 18.4 Å². The summed E-state index contributed by atoms with van der Waals surface area (Å²) in [6.07, 6.45) is 8.06. The van der Waals surface area contributed by atoms with Crippen LogP contribution in [-0.4, -0.2) is 16.9 Å². The molecule has 1 aliphatic rings. The van der Waals surface area contributed by atoms with Gasteiger partial charge in [0.2, 0.25) is 0 Å². The normalized spacial score (nSPS) is 17.5. The number of nitrogens with two attached hydrogens (primary N) is 1.